The van der Waals surface area contributed by atoms with E-state index in [-0.39, 0.29) is 11.7 Å². The highest BCUT2D eigenvalue weighted by molar-refractivity contribution is 5.98. The maximum absolute atomic E-state index is 13.2. The summed E-state index contributed by atoms with van der Waals surface area (Å²) in [5.41, 5.74) is 8.53. The fourth-order valence-electron chi connectivity index (χ4n) is 3.69. The minimum absolute atomic E-state index is 0.0845. The molecule has 1 aromatic heterocycles. The number of aryl methyl sites for hydroxylation is 1. The van der Waals surface area contributed by atoms with Crippen molar-refractivity contribution >= 4 is 16.8 Å². The van der Waals surface area contributed by atoms with Crippen LogP contribution in [0.1, 0.15) is 35.2 Å². The van der Waals surface area contributed by atoms with Crippen molar-refractivity contribution in [1.29, 1.82) is 0 Å². The molecule has 2 aromatic carbocycles. The van der Waals surface area contributed by atoms with Crippen molar-refractivity contribution in [3.63, 3.8) is 0 Å². The van der Waals surface area contributed by atoms with Crippen molar-refractivity contribution in [3.8, 4) is 0 Å². The van der Waals surface area contributed by atoms with Gasteiger partial charge in [0.15, 0.2) is 0 Å². The summed E-state index contributed by atoms with van der Waals surface area (Å²) in [4.78, 5) is 15.1. The first kappa shape index (κ1) is 18.7. The molecule has 0 saturated heterocycles. The summed E-state index contributed by atoms with van der Waals surface area (Å²) in [5.74, 6) is -0.146. The molecule has 0 radical (unpaired) electrons. The minimum Gasteiger partial charge on any atom is -0.347 e. The van der Waals surface area contributed by atoms with Crippen molar-refractivity contribution in [2.75, 3.05) is 13.1 Å². The van der Waals surface area contributed by atoms with Crippen LogP contribution in [-0.4, -0.2) is 34.5 Å². The summed E-state index contributed by atoms with van der Waals surface area (Å²) in [6.07, 6.45) is 5.85. The molecule has 0 bridgehead atoms. The maximum atomic E-state index is 13.2. The van der Waals surface area contributed by atoms with Crippen molar-refractivity contribution in [2.45, 2.75) is 38.3 Å². The van der Waals surface area contributed by atoms with Crippen LogP contribution in [0.15, 0.2) is 54.7 Å². The molecule has 4 rings (SSSR count). The number of amides is 1. The van der Waals surface area contributed by atoms with E-state index in [2.05, 4.69) is 16.8 Å². The molecule has 1 amide bonds. The molecule has 1 heterocycles. The van der Waals surface area contributed by atoms with Crippen LogP contribution in [0.5, 0.6) is 0 Å². The van der Waals surface area contributed by atoms with Crippen LogP contribution < -0.4 is 5.73 Å². The molecule has 5 heteroatoms. The van der Waals surface area contributed by atoms with E-state index in [9.17, 15) is 9.18 Å². The molecule has 0 aliphatic heterocycles. The van der Waals surface area contributed by atoms with Gasteiger partial charge < -0.3 is 15.2 Å². The minimum atomic E-state index is -0.231. The average molecular weight is 379 g/mol. The molecule has 3 aromatic rings. The molecule has 4 nitrogen and oxygen atoms in total. The van der Waals surface area contributed by atoms with E-state index in [1.54, 1.807) is 12.1 Å². The summed E-state index contributed by atoms with van der Waals surface area (Å²) in [7, 11) is 0. The molecule has 146 valence electrons. The summed E-state index contributed by atoms with van der Waals surface area (Å²) in [6, 6.07) is 14.9. The average Bonchev–Trinajstić information content (AvgIpc) is 3.47. The predicted octanol–water partition coefficient (Wildman–Crippen LogP) is 3.98. The van der Waals surface area contributed by atoms with E-state index in [4.69, 9.17) is 5.73 Å². The van der Waals surface area contributed by atoms with Crippen molar-refractivity contribution in [2.24, 2.45) is 5.73 Å². The first-order valence-corrected chi connectivity index (χ1v) is 10.00. The monoisotopic (exact) mass is 379 g/mol. The number of nitrogens with two attached hydrogens (primary N) is 1. The third-order valence-electron chi connectivity index (χ3n) is 5.42. The second-order valence-corrected chi connectivity index (χ2v) is 7.53. The van der Waals surface area contributed by atoms with E-state index in [0.717, 1.165) is 54.3 Å². The van der Waals surface area contributed by atoms with Crippen LogP contribution in [0.25, 0.3) is 10.9 Å². The topological polar surface area (TPSA) is 51.3 Å². The Bertz CT molecular complexity index is 960. The number of nitrogens with zero attached hydrogens (tertiary/aromatic N) is 2. The summed E-state index contributed by atoms with van der Waals surface area (Å²) in [5, 5.41) is 1.08. The van der Waals surface area contributed by atoms with Crippen molar-refractivity contribution < 1.29 is 9.18 Å². The van der Waals surface area contributed by atoms with Gasteiger partial charge in [-0.3, -0.25) is 4.79 Å². The van der Waals surface area contributed by atoms with Gasteiger partial charge in [0.25, 0.3) is 5.91 Å². The second-order valence-electron chi connectivity index (χ2n) is 7.53. The molecule has 1 aliphatic rings. The highest BCUT2D eigenvalue weighted by Crippen LogP contribution is 2.29. The Morgan fingerprint density at radius 2 is 1.93 bits per heavy atom. The van der Waals surface area contributed by atoms with E-state index in [0.29, 0.717) is 19.1 Å². The third-order valence-corrected chi connectivity index (χ3v) is 5.42. The molecule has 0 atom stereocenters. The number of carbonyl (C=O) groups is 1. The Morgan fingerprint density at radius 1 is 1.14 bits per heavy atom. The molecule has 1 fully saturated rings. The van der Waals surface area contributed by atoms with Crippen LogP contribution in [0.4, 0.5) is 4.39 Å². The standard InChI is InChI=1S/C23H26FN3O/c24-20-5-2-17(3-6-20)10-15-27(21-7-8-21)23(28)19-4-9-22-18(16-19)11-14-26(22)13-1-12-25/h2-6,9,11,14,16,21H,1,7-8,10,12-13,15,25H2. The smallest absolute Gasteiger partial charge is 0.254 e. The van der Waals surface area contributed by atoms with Crippen LogP contribution in [0, 0.1) is 5.82 Å². The number of hydrogen-bond donors (Lipinski definition) is 1. The van der Waals surface area contributed by atoms with Gasteiger partial charge in [0.2, 0.25) is 0 Å². The first-order valence-electron chi connectivity index (χ1n) is 10.00. The SMILES string of the molecule is NCCCn1ccc2cc(C(=O)N(CCc3ccc(F)cc3)C3CC3)ccc21. The Balaban J connectivity index is 1.49. The van der Waals surface area contributed by atoms with Crippen LogP contribution in [-0.2, 0) is 13.0 Å². The number of aromatic nitrogens is 1. The number of rotatable bonds is 8. The van der Waals surface area contributed by atoms with E-state index >= 15 is 0 Å². The van der Waals surface area contributed by atoms with Gasteiger partial charge in [-0.25, -0.2) is 4.39 Å². The number of benzene rings is 2. The van der Waals surface area contributed by atoms with Gasteiger partial charge in [0.05, 0.1) is 0 Å². The lowest BCUT2D eigenvalue weighted by Gasteiger charge is -2.23. The van der Waals surface area contributed by atoms with Crippen LogP contribution in [0.3, 0.4) is 0 Å². The molecule has 1 aliphatic carbocycles. The lowest BCUT2D eigenvalue weighted by atomic mass is 10.1. The van der Waals surface area contributed by atoms with Crippen molar-refractivity contribution in [3.05, 3.63) is 71.7 Å². The van der Waals surface area contributed by atoms with Gasteiger partial charge >= 0.3 is 0 Å². The Labute approximate surface area is 164 Å². The van der Waals surface area contributed by atoms with Gasteiger partial charge in [0, 0.05) is 41.8 Å². The highest BCUT2D eigenvalue weighted by atomic mass is 19.1. The fraction of sp³-hybridized carbons (Fsp3) is 0.348. The van der Waals surface area contributed by atoms with Gasteiger partial charge in [-0.1, -0.05) is 12.1 Å². The zero-order valence-corrected chi connectivity index (χ0v) is 16.0. The Hall–Kier alpha value is -2.66. The molecular weight excluding hydrogens is 353 g/mol. The van der Waals surface area contributed by atoms with E-state index in [1.165, 1.54) is 12.1 Å². The van der Waals surface area contributed by atoms with Gasteiger partial charge in [-0.05, 0) is 74.2 Å². The zero-order chi connectivity index (χ0) is 19.5. The number of fused-ring (bicyclic) bond motifs is 1. The molecule has 28 heavy (non-hydrogen) atoms. The van der Waals surface area contributed by atoms with Crippen molar-refractivity contribution in [1.82, 2.24) is 9.47 Å². The van der Waals surface area contributed by atoms with Crippen LogP contribution >= 0.6 is 0 Å². The Morgan fingerprint density at radius 3 is 2.64 bits per heavy atom. The van der Waals surface area contributed by atoms with Gasteiger partial charge in [0.1, 0.15) is 5.82 Å². The molecular formula is C23H26FN3O. The molecule has 2 N–H and O–H groups in total. The third kappa shape index (κ3) is 4.09. The van der Waals surface area contributed by atoms with E-state index in [1.807, 2.05) is 23.1 Å². The fourth-order valence-corrected chi connectivity index (χ4v) is 3.69. The lowest BCUT2D eigenvalue weighted by molar-refractivity contribution is 0.0745. The van der Waals surface area contributed by atoms with Gasteiger partial charge in [-0.2, -0.15) is 0 Å². The second kappa shape index (κ2) is 8.15. The summed E-state index contributed by atoms with van der Waals surface area (Å²) in [6.45, 7) is 2.21. The van der Waals surface area contributed by atoms with Gasteiger partial charge in [-0.15, -0.1) is 0 Å². The molecule has 0 unspecified atom stereocenters. The largest absolute Gasteiger partial charge is 0.347 e. The number of halogens is 1. The number of hydrogen-bond acceptors (Lipinski definition) is 2. The van der Waals surface area contributed by atoms with Crippen LogP contribution in [0.2, 0.25) is 0 Å². The Kier molecular flexibility index (Phi) is 5.44. The molecule has 0 spiro atoms. The predicted molar refractivity (Wildman–Crippen MR) is 110 cm³/mol. The summed E-state index contributed by atoms with van der Waals surface area (Å²) < 4.78 is 15.3. The van der Waals surface area contributed by atoms with E-state index < -0.39 is 0 Å². The maximum Gasteiger partial charge on any atom is 0.254 e. The normalized spacial score (nSPS) is 13.8. The summed E-state index contributed by atoms with van der Waals surface area (Å²) >= 11 is 0. The zero-order valence-electron chi connectivity index (χ0n) is 16.0. The molecule has 1 saturated carbocycles. The quantitative estimate of drug-likeness (QED) is 0.644. The first-order chi connectivity index (χ1) is 13.7. The highest BCUT2D eigenvalue weighted by Gasteiger charge is 2.32. The lowest BCUT2D eigenvalue weighted by Crippen LogP contribution is -2.34. The number of carbonyl (C=O) groups excluding carboxylic acids is 1.